The van der Waals surface area contributed by atoms with E-state index < -0.39 is 5.91 Å². The second kappa shape index (κ2) is 11.8. The van der Waals surface area contributed by atoms with Gasteiger partial charge in [0.2, 0.25) is 5.91 Å². The van der Waals surface area contributed by atoms with E-state index in [2.05, 4.69) is 41.3 Å². The highest BCUT2D eigenvalue weighted by molar-refractivity contribution is 6.01. The van der Waals surface area contributed by atoms with Gasteiger partial charge < -0.3 is 31.1 Å². The molecule has 2 aliphatic heterocycles. The average Bonchev–Trinajstić information content (AvgIpc) is 3.84. The molecule has 1 aliphatic carbocycles. The highest BCUT2D eigenvalue weighted by Crippen LogP contribution is 2.45. The largest absolute Gasteiger partial charge is 0.366 e. The van der Waals surface area contributed by atoms with E-state index in [0.29, 0.717) is 25.3 Å². The Morgan fingerprint density at radius 1 is 0.872 bits per heavy atom. The second-order valence-corrected chi connectivity index (χ2v) is 11.8. The molecule has 15 heteroatoms. The van der Waals surface area contributed by atoms with Gasteiger partial charge >= 0.3 is 0 Å². The van der Waals surface area contributed by atoms with Gasteiger partial charge in [-0.3, -0.25) is 23.9 Å². The van der Waals surface area contributed by atoms with Gasteiger partial charge in [0.25, 0.3) is 17.7 Å². The van der Waals surface area contributed by atoms with Crippen LogP contribution >= 0.6 is 0 Å². The molecule has 4 amide bonds. The van der Waals surface area contributed by atoms with Crippen LogP contribution in [0.5, 0.6) is 0 Å². The first-order chi connectivity index (χ1) is 22.7. The van der Waals surface area contributed by atoms with E-state index in [9.17, 15) is 19.2 Å². The zero-order valence-electron chi connectivity index (χ0n) is 26.1. The van der Waals surface area contributed by atoms with Crippen molar-refractivity contribution >= 4 is 46.5 Å². The minimum Gasteiger partial charge on any atom is -0.366 e. The number of benzene rings is 1. The molecule has 3 aliphatic rings. The van der Waals surface area contributed by atoms with Crippen LogP contribution in [0.1, 0.15) is 56.0 Å². The molecule has 15 nitrogen and oxygen atoms in total. The van der Waals surface area contributed by atoms with Gasteiger partial charge in [-0.05, 0) is 31.0 Å². The van der Waals surface area contributed by atoms with Crippen molar-refractivity contribution in [3.8, 4) is 11.1 Å². The van der Waals surface area contributed by atoms with Crippen LogP contribution in [0.4, 0.5) is 22.9 Å². The molecule has 1 saturated heterocycles. The summed E-state index contributed by atoms with van der Waals surface area (Å²) in [5, 5.41) is 24.2. The predicted molar refractivity (Wildman–Crippen MR) is 172 cm³/mol. The topological polar surface area (TPSA) is 179 Å². The molecule has 3 aromatic heterocycles. The zero-order valence-corrected chi connectivity index (χ0v) is 26.1. The lowest BCUT2D eigenvalue weighted by molar-refractivity contribution is -0.117. The number of amides is 4. The number of carbonyl (C=O) groups excluding carboxylic acids is 4. The number of anilines is 4. The molecule has 4 N–H and O–H groups in total. The van der Waals surface area contributed by atoms with E-state index in [-0.39, 0.29) is 52.6 Å². The first-order valence-corrected chi connectivity index (χ1v) is 15.3. The van der Waals surface area contributed by atoms with Crippen molar-refractivity contribution in [2.45, 2.75) is 25.4 Å². The van der Waals surface area contributed by atoms with Crippen molar-refractivity contribution in [2.75, 3.05) is 49.8 Å². The van der Waals surface area contributed by atoms with Crippen molar-refractivity contribution in [3.05, 3.63) is 71.4 Å². The first kappa shape index (κ1) is 29.8. The van der Waals surface area contributed by atoms with Crippen LogP contribution in [0, 0.1) is 5.92 Å². The van der Waals surface area contributed by atoms with Crippen LogP contribution in [0.2, 0.25) is 0 Å². The molecule has 0 radical (unpaired) electrons. The number of aromatic nitrogens is 5. The van der Waals surface area contributed by atoms with E-state index in [1.807, 2.05) is 36.1 Å². The van der Waals surface area contributed by atoms with Crippen LogP contribution in [0.15, 0.2) is 48.7 Å². The average molecular weight is 636 g/mol. The Bertz CT molecular complexity index is 1930. The number of para-hydroxylation sites is 1. The standard InChI is InChI=1S/C32H33N11O4/c1-33-30(45)22-8-5-9-23(37-22)32(47)42-14-18(15-42)43-25-16-41(3)28-19(20(25)13-35-43)6-4-7-21(28)36-24-12-26(38-29(44)17-10-11-17)39-40-27(24)31(46)34-2/h4-9,12-13,17-18H,10-11,14-16H2,1-3H3,(H,33,45)(H,34,46)(H2,36,38,39,44). The molecule has 2 fully saturated rings. The summed E-state index contributed by atoms with van der Waals surface area (Å²) in [4.78, 5) is 58.2. The Kier molecular flexibility index (Phi) is 7.50. The number of hydrogen-bond acceptors (Lipinski definition) is 10. The monoisotopic (exact) mass is 635 g/mol. The summed E-state index contributed by atoms with van der Waals surface area (Å²) in [5.74, 6) is -0.845. The highest BCUT2D eigenvalue weighted by atomic mass is 16.2. The molecule has 0 atom stereocenters. The Morgan fingerprint density at radius 3 is 2.36 bits per heavy atom. The maximum absolute atomic E-state index is 13.1. The number of likely N-dealkylation sites (tertiary alicyclic amines) is 1. The van der Waals surface area contributed by atoms with Gasteiger partial charge in [-0.25, -0.2) is 4.98 Å². The first-order valence-electron chi connectivity index (χ1n) is 15.3. The summed E-state index contributed by atoms with van der Waals surface area (Å²) in [6, 6.07) is 12.3. The van der Waals surface area contributed by atoms with Gasteiger partial charge in [0.1, 0.15) is 11.4 Å². The molecule has 4 aromatic rings. The molecular formula is C32H33N11O4. The van der Waals surface area contributed by atoms with Gasteiger partial charge in [-0.1, -0.05) is 18.2 Å². The fraction of sp³-hybridized carbons (Fsp3) is 0.312. The van der Waals surface area contributed by atoms with Crippen molar-refractivity contribution in [3.63, 3.8) is 0 Å². The van der Waals surface area contributed by atoms with Gasteiger partial charge in [0, 0.05) is 57.3 Å². The third-order valence-electron chi connectivity index (χ3n) is 8.62. The zero-order chi connectivity index (χ0) is 32.8. The Morgan fingerprint density at radius 2 is 1.62 bits per heavy atom. The SMILES string of the molecule is CNC(=O)c1cccc(C(=O)N2CC(n3ncc4c3CN(C)c3c(Nc5cc(NC(=O)C6CC6)nnc5C(=O)NC)cccc3-4)C2)n1. The number of nitrogens with zero attached hydrogens (tertiary/aromatic N) is 7. The Hall–Kier alpha value is -5.86. The number of nitrogens with one attached hydrogen (secondary N) is 4. The maximum Gasteiger partial charge on any atom is 0.273 e. The summed E-state index contributed by atoms with van der Waals surface area (Å²) in [7, 11) is 5.02. The second-order valence-electron chi connectivity index (χ2n) is 11.8. The molecule has 0 bridgehead atoms. The summed E-state index contributed by atoms with van der Waals surface area (Å²) >= 11 is 0. The molecule has 240 valence electrons. The Labute approximate surface area is 269 Å². The number of hydrogen-bond donors (Lipinski definition) is 4. The van der Waals surface area contributed by atoms with Crippen LogP contribution in [0.25, 0.3) is 11.1 Å². The van der Waals surface area contributed by atoms with Crippen LogP contribution in [0.3, 0.4) is 0 Å². The lowest BCUT2D eigenvalue weighted by atomic mass is 9.97. The smallest absolute Gasteiger partial charge is 0.273 e. The third kappa shape index (κ3) is 5.49. The quantitative estimate of drug-likeness (QED) is 0.224. The van der Waals surface area contributed by atoms with Gasteiger partial charge in [0.15, 0.2) is 11.5 Å². The molecule has 5 heterocycles. The molecule has 7 rings (SSSR count). The Balaban J connectivity index is 1.12. The predicted octanol–water partition coefficient (Wildman–Crippen LogP) is 2.19. The van der Waals surface area contributed by atoms with Crippen LogP contribution in [-0.4, -0.2) is 87.7 Å². The summed E-state index contributed by atoms with van der Waals surface area (Å²) in [6.45, 7) is 1.49. The fourth-order valence-electron chi connectivity index (χ4n) is 5.96. The van der Waals surface area contributed by atoms with Crippen molar-refractivity contribution in [1.82, 2.24) is 40.5 Å². The number of pyridine rings is 1. The highest BCUT2D eigenvalue weighted by Gasteiger charge is 2.37. The number of rotatable bonds is 8. The lowest BCUT2D eigenvalue weighted by Crippen LogP contribution is -2.51. The van der Waals surface area contributed by atoms with E-state index in [1.54, 1.807) is 29.2 Å². The summed E-state index contributed by atoms with van der Waals surface area (Å²) < 4.78 is 1.98. The summed E-state index contributed by atoms with van der Waals surface area (Å²) in [6.07, 6.45) is 3.55. The molecule has 1 saturated carbocycles. The molecule has 47 heavy (non-hydrogen) atoms. The molecule has 1 aromatic carbocycles. The van der Waals surface area contributed by atoms with Crippen molar-refractivity contribution < 1.29 is 19.2 Å². The van der Waals surface area contributed by atoms with E-state index >= 15 is 0 Å². The van der Waals surface area contributed by atoms with Crippen LogP contribution < -0.4 is 26.2 Å². The van der Waals surface area contributed by atoms with Gasteiger partial charge in [-0.15, -0.1) is 10.2 Å². The van der Waals surface area contributed by atoms with Crippen LogP contribution in [-0.2, 0) is 11.3 Å². The molecular weight excluding hydrogens is 602 g/mol. The van der Waals surface area contributed by atoms with E-state index in [4.69, 9.17) is 5.10 Å². The minimum atomic E-state index is -0.412. The fourth-order valence-corrected chi connectivity index (χ4v) is 5.96. The van der Waals surface area contributed by atoms with Gasteiger partial charge in [-0.2, -0.15) is 5.10 Å². The summed E-state index contributed by atoms with van der Waals surface area (Å²) in [5.41, 5.74) is 5.53. The molecule has 0 spiro atoms. The third-order valence-corrected chi connectivity index (χ3v) is 8.62. The maximum atomic E-state index is 13.1. The number of fused-ring (bicyclic) bond motifs is 3. The normalized spacial score (nSPS) is 15.2. The van der Waals surface area contributed by atoms with Gasteiger partial charge in [0.05, 0.1) is 41.5 Å². The number of carbonyl (C=O) groups is 4. The minimum absolute atomic E-state index is 0.00965. The van der Waals surface area contributed by atoms with Crippen molar-refractivity contribution in [1.29, 1.82) is 0 Å². The molecule has 0 unspecified atom stereocenters. The lowest BCUT2D eigenvalue weighted by Gasteiger charge is -2.40. The van der Waals surface area contributed by atoms with Crippen molar-refractivity contribution in [2.24, 2.45) is 5.92 Å². The van der Waals surface area contributed by atoms with E-state index in [1.165, 1.54) is 14.1 Å². The van der Waals surface area contributed by atoms with E-state index in [0.717, 1.165) is 41.0 Å².